The fraction of sp³-hybridized carbons (Fsp3) is 0.390. The SMILES string of the molecule is COC(=O)[C@@H](NC(=O)OCc1ccccc1)[C@@H](O[C@@H]1O[C@@H](COC(C)=O)[C@@H](OC(C)=O)[C@H](OC(C)=O)[C@@H]1O[C@H]1O[C@H](COC(C)=O)[C@@H](OC(C)=O)[C@H](OC(N)=O)[C@@H]1OC(C)=O)c1cn(C(c2ccccc2)(c2ccccc2)c2ccccc2)cn1. The number of primary amides is 1. The summed E-state index contributed by atoms with van der Waals surface area (Å²) in [5.41, 5.74) is 6.91. The summed E-state index contributed by atoms with van der Waals surface area (Å²) in [6.07, 6.45) is -20.8. The van der Waals surface area contributed by atoms with Crippen molar-refractivity contribution in [3.05, 3.63) is 162 Å². The first-order valence-corrected chi connectivity index (χ1v) is 26.5. The quantitative estimate of drug-likeness (QED) is 0.0520. The number of hydrogen-bond donors (Lipinski definition) is 2. The Hall–Kier alpha value is -9.24. The molecule has 0 aliphatic carbocycles. The van der Waals surface area contributed by atoms with Gasteiger partial charge >= 0.3 is 54.0 Å². The van der Waals surface area contributed by atoms with Crippen molar-refractivity contribution >= 4 is 54.0 Å². The number of hydrogen-bond acceptors (Lipinski definition) is 23. The van der Waals surface area contributed by atoms with E-state index in [1.54, 1.807) is 34.9 Å². The van der Waals surface area contributed by atoms with E-state index in [0.717, 1.165) is 65.3 Å². The Morgan fingerprint density at radius 1 is 0.553 bits per heavy atom. The molecule has 2 amide bonds. The van der Waals surface area contributed by atoms with Gasteiger partial charge in [-0.15, -0.1) is 0 Å². The minimum atomic E-state index is -2.15. The van der Waals surface area contributed by atoms with Crippen LogP contribution in [0.1, 0.15) is 75.6 Å². The summed E-state index contributed by atoms with van der Waals surface area (Å²) in [7, 11) is 1.03. The lowest BCUT2D eigenvalue weighted by Crippen LogP contribution is -2.67. The molecule has 452 valence electrons. The zero-order valence-corrected chi connectivity index (χ0v) is 47.2. The van der Waals surface area contributed by atoms with E-state index in [0.29, 0.717) is 5.56 Å². The summed E-state index contributed by atoms with van der Waals surface area (Å²) in [6, 6.07) is 34.7. The van der Waals surface area contributed by atoms with E-state index in [1.807, 2.05) is 91.0 Å². The standard InChI is InChI=1S/C59H64N4O22/c1-33(64)74-30-44-48(77-35(3)66)50(79-37(5)68)53(84-55-52(80-38(6)69)51(85-57(60)71)49(78-36(4)67)45(81-55)31-75-34(2)65)56(82-44)83-47(46(54(70)73-7)62-58(72)76-29-39-20-12-8-13-21-39)43-28-63(32-61-43)59(40-22-14-9-15-23-40,41-24-16-10-17-25-41)42-26-18-11-19-27-42/h8-28,32,44-53,55-56H,29-31H2,1-7H3,(H2,60,71)(H,62,72)/t44-,45+,46-,47-,48+,49+,50-,51-,52-,53-,55+,56-/m0/s1. The van der Waals surface area contributed by atoms with Crippen LogP contribution in [0.4, 0.5) is 9.59 Å². The summed E-state index contributed by atoms with van der Waals surface area (Å²) >= 11 is 0. The van der Waals surface area contributed by atoms with Gasteiger partial charge in [0.25, 0.3) is 0 Å². The maximum absolute atomic E-state index is 14.5. The van der Waals surface area contributed by atoms with Crippen LogP contribution in [-0.4, -0.2) is 151 Å². The molecule has 0 saturated carbocycles. The molecule has 26 nitrogen and oxygen atoms in total. The Labute approximate surface area is 487 Å². The minimum absolute atomic E-state index is 0.136. The first kappa shape index (κ1) is 63.3. The van der Waals surface area contributed by atoms with Gasteiger partial charge in [0.1, 0.15) is 43.7 Å². The Kier molecular flexibility index (Phi) is 21.9. The van der Waals surface area contributed by atoms with Crippen LogP contribution in [0.5, 0.6) is 0 Å². The van der Waals surface area contributed by atoms with Crippen LogP contribution in [-0.2, 0) is 107 Å². The fourth-order valence-corrected chi connectivity index (χ4v) is 9.92. The third-order valence-corrected chi connectivity index (χ3v) is 13.2. The molecule has 1 aromatic heterocycles. The van der Waals surface area contributed by atoms with Crippen LogP contribution in [0.3, 0.4) is 0 Å². The second kappa shape index (κ2) is 29.3. The minimum Gasteiger partial charge on any atom is -0.467 e. The lowest BCUT2D eigenvalue weighted by Gasteiger charge is -2.49. The summed E-state index contributed by atoms with van der Waals surface area (Å²) in [4.78, 5) is 123. The van der Waals surface area contributed by atoms with Gasteiger partial charge in [0, 0.05) is 47.7 Å². The van der Waals surface area contributed by atoms with Gasteiger partial charge in [-0.3, -0.25) is 28.8 Å². The molecule has 0 bridgehead atoms. The molecule has 7 rings (SSSR count). The second-order valence-corrected chi connectivity index (χ2v) is 19.3. The molecule has 2 aliphatic heterocycles. The van der Waals surface area contributed by atoms with Crippen molar-refractivity contribution < 1.29 is 105 Å². The van der Waals surface area contributed by atoms with Gasteiger partial charge < -0.3 is 77.2 Å². The molecular weight excluding hydrogens is 1120 g/mol. The largest absolute Gasteiger partial charge is 0.467 e. The molecule has 4 aromatic carbocycles. The van der Waals surface area contributed by atoms with E-state index < -0.39 is 146 Å². The lowest BCUT2D eigenvalue weighted by atomic mass is 9.77. The summed E-state index contributed by atoms with van der Waals surface area (Å²) in [5.74, 6) is -6.95. The number of carbonyl (C=O) groups is 9. The summed E-state index contributed by atoms with van der Waals surface area (Å²) < 4.78 is 78.1. The van der Waals surface area contributed by atoms with Gasteiger partial charge in [-0.1, -0.05) is 121 Å². The van der Waals surface area contributed by atoms with E-state index in [9.17, 15) is 43.2 Å². The Balaban J connectivity index is 1.47. The number of nitrogens with two attached hydrogens (primary N) is 1. The number of aromatic nitrogens is 2. The number of benzene rings is 4. The van der Waals surface area contributed by atoms with E-state index in [1.165, 1.54) is 12.5 Å². The average Bonchev–Trinajstić information content (AvgIpc) is 2.00. The van der Waals surface area contributed by atoms with E-state index >= 15 is 0 Å². The van der Waals surface area contributed by atoms with Crippen LogP contribution >= 0.6 is 0 Å². The van der Waals surface area contributed by atoms with Crippen molar-refractivity contribution in [3.8, 4) is 0 Å². The average molecular weight is 1180 g/mol. The first-order valence-electron chi connectivity index (χ1n) is 26.5. The number of nitrogens with zero attached hydrogens (tertiary/aromatic N) is 2. The van der Waals surface area contributed by atoms with Crippen molar-refractivity contribution in [2.24, 2.45) is 5.73 Å². The number of imidazole rings is 1. The summed E-state index contributed by atoms with van der Waals surface area (Å²) in [5, 5.41) is 2.54. The van der Waals surface area contributed by atoms with Gasteiger partial charge in [0.05, 0.1) is 19.1 Å². The summed E-state index contributed by atoms with van der Waals surface area (Å²) in [6.45, 7) is 4.27. The molecule has 2 saturated heterocycles. The molecule has 0 spiro atoms. The molecule has 12 atom stereocenters. The molecule has 0 unspecified atom stereocenters. The molecule has 2 fully saturated rings. The van der Waals surface area contributed by atoms with Gasteiger partial charge in [-0.05, 0) is 22.3 Å². The van der Waals surface area contributed by atoms with Crippen LogP contribution in [0.25, 0.3) is 0 Å². The Morgan fingerprint density at radius 3 is 1.44 bits per heavy atom. The number of esters is 7. The number of nitrogens with one attached hydrogen (secondary N) is 1. The molecule has 3 heterocycles. The van der Waals surface area contributed by atoms with Gasteiger partial charge in [-0.2, -0.15) is 0 Å². The number of alkyl carbamates (subject to hydrolysis) is 1. The van der Waals surface area contributed by atoms with Crippen molar-refractivity contribution in [1.29, 1.82) is 0 Å². The normalized spacial score (nSPS) is 22.6. The molecular formula is C59H64N4O22. The third kappa shape index (κ3) is 16.1. The number of methoxy groups -OCH3 is 1. The highest BCUT2D eigenvalue weighted by Crippen LogP contribution is 2.43. The van der Waals surface area contributed by atoms with Crippen LogP contribution in [0, 0.1) is 0 Å². The van der Waals surface area contributed by atoms with Crippen LogP contribution < -0.4 is 11.1 Å². The maximum atomic E-state index is 14.5. The molecule has 5 aromatic rings. The lowest BCUT2D eigenvalue weighted by molar-refractivity contribution is -0.373. The highest BCUT2D eigenvalue weighted by Gasteiger charge is 2.59. The number of amides is 2. The molecule has 3 N–H and O–H groups in total. The topological polar surface area (TPSA) is 329 Å². The Bertz CT molecular complexity index is 3020. The molecule has 0 radical (unpaired) electrons. The van der Waals surface area contributed by atoms with Crippen LogP contribution in [0.15, 0.2) is 134 Å². The molecule has 26 heteroatoms. The predicted molar refractivity (Wildman–Crippen MR) is 288 cm³/mol. The third-order valence-electron chi connectivity index (χ3n) is 13.2. The van der Waals surface area contributed by atoms with Crippen LogP contribution in [0.2, 0.25) is 0 Å². The number of carbonyl (C=O) groups excluding carboxylic acids is 9. The Morgan fingerprint density at radius 2 is 0.988 bits per heavy atom. The first-order chi connectivity index (χ1) is 40.7. The van der Waals surface area contributed by atoms with Gasteiger partial charge in [0.2, 0.25) is 0 Å². The van der Waals surface area contributed by atoms with Gasteiger partial charge in [0.15, 0.2) is 55.2 Å². The number of rotatable bonds is 23. The monoisotopic (exact) mass is 1180 g/mol. The predicted octanol–water partition coefficient (Wildman–Crippen LogP) is 4.40. The van der Waals surface area contributed by atoms with Crippen molar-refractivity contribution in [1.82, 2.24) is 14.9 Å². The van der Waals surface area contributed by atoms with Gasteiger partial charge in [-0.25, -0.2) is 19.4 Å². The molecule has 2 aliphatic rings. The highest BCUT2D eigenvalue weighted by molar-refractivity contribution is 5.82. The van der Waals surface area contributed by atoms with E-state index in [-0.39, 0.29) is 12.3 Å². The highest BCUT2D eigenvalue weighted by atomic mass is 16.8. The van der Waals surface area contributed by atoms with Crippen molar-refractivity contribution in [3.63, 3.8) is 0 Å². The smallest absolute Gasteiger partial charge is 0.408 e. The maximum Gasteiger partial charge on any atom is 0.408 e. The van der Waals surface area contributed by atoms with E-state index in [2.05, 4.69) is 5.32 Å². The second-order valence-electron chi connectivity index (χ2n) is 19.3. The van der Waals surface area contributed by atoms with Crippen molar-refractivity contribution in [2.45, 2.75) is 127 Å². The number of ether oxygens (including phenoxy) is 13. The van der Waals surface area contributed by atoms with Crippen molar-refractivity contribution in [2.75, 3.05) is 20.3 Å². The zero-order valence-electron chi connectivity index (χ0n) is 47.2. The fourth-order valence-electron chi connectivity index (χ4n) is 9.92. The molecule has 85 heavy (non-hydrogen) atoms. The van der Waals surface area contributed by atoms with E-state index in [4.69, 9.17) is 72.3 Å². The zero-order chi connectivity index (χ0) is 61.4.